The summed E-state index contributed by atoms with van der Waals surface area (Å²) in [5, 5.41) is 19.0. The molecule has 0 aliphatic rings. The quantitative estimate of drug-likeness (QED) is 0.819. The summed E-state index contributed by atoms with van der Waals surface area (Å²) in [4.78, 5) is 10.1. The molecule has 0 bridgehead atoms. The molecule has 7 nitrogen and oxygen atoms in total. The van der Waals surface area contributed by atoms with Crippen molar-refractivity contribution >= 4 is 22.1 Å². The van der Waals surface area contributed by atoms with Gasteiger partial charge in [-0.25, -0.2) is 9.48 Å². The van der Waals surface area contributed by atoms with Gasteiger partial charge in [0.25, 0.3) is 0 Å². The number of hydrogen-bond acceptors (Lipinski definition) is 5. The van der Waals surface area contributed by atoms with Gasteiger partial charge in [0.05, 0.1) is 12.6 Å². The van der Waals surface area contributed by atoms with Gasteiger partial charge in [-0.2, -0.15) is 0 Å². The van der Waals surface area contributed by atoms with Crippen molar-refractivity contribution in [1.29, 1.82) is 0 Å². The van der Waals surface area contributed by atoms with Gasteiger partial charge in [-0.1, -0.05) is 0 Å². The van der Waals surface area contributed by atoms with Crippen LogP contribution in [0.5, 0.6) is 0 Å². The Hall–Kier alpha value is -1.18. The average Bonchev–Trinajstić information content (AvgIpc) is 2.50. The highest BCUT2D eigenvalue weighted by Gasteiger charge is 2.11. The molecule has 0 aliphatic heterocycles. The maximum absolute atomic E-state index is 10.1. The number of rotatable bonds is 4. The number of aromatic nitrogens is 4. The summed E-state index contributed by atoms with van der Waals surface area (Å²) in [6, 6.07) is -0.0151. The van der Waals surface area contributed by atoms with Crippen molar-refractivity contribution in [3.8, 4) is 0 Å². The van der Waals surface area contributed by atoms with Gasteiger partial charge in [-0.3, -0.25) is 0 Å². The van der Waals surface area contributed by atoms with Crippen molar-refractivity contribution < 1.29 is 14.6 Å². The lowest BCUT2D eigenvalue weighted by Gasteiger charge is -2.10. The normalized spacial score (nSPS) is 12.4. The first-order valence-corrected chi connectivity index (χ1v) is 4.69. The van der Waals surface area contributed by atoms with Gasteiger partial charge < -0.3 is 9.84 Å². The van der Waals surface area contributed by atoms with Crippen LogP contribution >= 0.6 is 15.9 Å². The maximum Gasteiger partial charge on any atom is 0.505 e. The Bertz CT molecular complexity index is 316. The van der Waals surface area contributed by atoms with Gasteiger partial charge in [0.15, 0.2) is 0 Å². The maximum atomic E-state index is 10.1. The first kappa shape index (κ1) is 10.9. The van der Waals surface area contributed by atoms with E-state index in [1.54, 1.807) is 4.68 Å². The third-order valence-corrected chi connectivity index (χ3v) is 2.15. The highest BCUT2D eigenvalue weighted by Crippen LogP contribution is 2.13. The molecule has 1 rings (SSSR count). The lowest BCUT2D eigenvalue weighted by molar-refractivity contribution is 0.0867. The van der Waals surface area contributed by atoms with Crippen LogP contribution in [-0.4, -0.2) is 38.1 Å². The van der Waals surface area contributed by atoms with E-state index in [2.05, 4.69) is 36.2 Å². The van der Waals surface area contributed by atoms with Crippen molar-refractivity contribution in [2.24, 2.45) is 0 Å². The molecule has 0 aromatic carbocycles. The van der Waals surface area contributed by atoms with Crippen molar-refractivity contribution in [1.82, 2.24) is 20.2 Å². The first-order valence-electron chi connectivity index (χ1n) is 3.90. The second-order valence-electron chi connectivity index (χ2n) is 2.64. The topological polar surface area (TPSA) is 90.1 Å². The molecule has 1 N–H and O–H groups in total. The second-order valence-corrected chi connectivity index (χ2v) is 3.35. The molecule has 1 unspecified atom stereocenters. The SMILES string of the molecule is CC(CCOC(=O)O)n1nnnc1Br. The zero-order chi connectivity index (χ0) is 10.6. The molecule has 0 saturated heterocycles. The van der Waals surface area contributed by atoms with Gasteiger partial charge in [-0.15, -0.1) is 5.10 Å². The van der Waals surface area contributed by atoms with Crippen molar-refractivity contribution in [3.05, 3.63) is 4.73 Å². The summed E-state index contributed by atoms with van der Waals surface area (Å²) in [5.41, 5.74) is 0. The van der Waals surface area contributed by atoms with Crippen LogP contribution in [0.3, 0.4) is 0 Å². The Balaban J connectivity index is 2.39. The smallest absolute Gasteiger partial charge is 0.450 e. The Morgan fingerprint density at radius 2 is 2.50 bits per heavy atom. The van der Waals surface area contributed by atoms with E-state index in [9.17, 15) is 4.79 Å². The van der Waals surface area contributed by atoms with Crippen LogP contribution in [0, 0.1) is 0 Å². The van der Waals surface area contributed by atoms with E-state index in [1.807, 2.05) is 6.92 Å². The molecular weight excluding hydrogens is 256 g/mol. The molecule has 0 aliphatic carbocycles. The van der Waals surface area contributed by atoms with E-state index >= 15 is 0 Å². The molecule has 0 amide bonds. The summed E-state index contributed by atoms with van der Waals surface area (Å²) < 4.78 is 6.43. The Labute approximate surface area is 88.2 Å². The van der Waals surface area contributed by atoms with Gasteiger partial charge in [0.2, 0.25) is 4.73 Å². The third kappa shape index (κ3) is 2.95. The number of carboxylic acid groups (broad SMARTS) is 1. The molecule has 1 aromatic heterocycles. The monoisotopic (exact) mass is 264 g/mol. The van der Waals surface area contributed by atoms with E-state index in [0.717, 1.165) is 0 Å². The summed E-state index contributed by atoms with van der Waals surface area (Å²) >= 11 is 3.16. The molecular formula is C6H9BrN4O3. The lowest BCUT2D eigenvalue weighted by atomic mass is 10.2. The fraction of sp³-hybridized carbons (Fsp3) is 0.667. The molecule has 1 heterocycles. The lowest BCUT2D eigenvalue weighted by Crippen LogP contribution is -2.12. The molecule has 14 heavy (non-hydrogen) atoms. The fourth-order valence-corrected chi connectivity index (χ4v) is 1.38. The summed E-state index contributed by atoms with van der Waals surface area (Å²) in [5.74, 6) is 0. The van der Waals surface area contributed by atoms with Crippen LogP contribution in [-0.2, 0) is 4.74 Å². The largest absolute Gasteiger partial charge is 0.505 e. The summed E-state index contributed by atoms with van der Waals surface area (Å²) in [6.45, 7) is 2.00. The van der Waals surface area contributed by atoms with E-state index < -0.39 is 6.16 Å². The van der Waals surface area contributed by atoms with Crippen LogP contribution in [0.2, 0.25) is 0 Å². The zero-order valence-corrected chi connectivity index (χ0v) is 9.01. The zero-order valence-electron chi connectivity index (χ0n) is 7.42. The number of hydrogen-bond donors (Lipinski definition) is 1. The molecule has 0 radical (unpaired) electrons. The molecule has 0 spiro atoms. The minimum Gasteiger partial charge on any atom is -0.450 e. The van der Waals surface area contributed by atoms with Gasteiger partial charge in [-0.05, 0) is 33.3 Å². The summed E-state index contributed by atoms with van der Waals surface area (Å²) in [7, 11) is 0. The number of nitrogens with zero attached hydrogens (tertiary/aromatic N) is 4. The standard InChI is InChI=1S/C6H9BrN4O3/c1-4(2-3-14-6(12)13)11-5(7)8-9-10-11/h4H,2-3H2,1H3,(H,12,13). The first-order chi connectivity index (χ1) is 6.61. The van der Waals surface area contributed by atoms with Crippen LogP contribution in [0.1, 0.15) is 19.4 Å². The van der Waals surface area contributed by atoms with Crippen molar-refractivity contribution in [2.45, 2.75) is 19.4 Å². The Morgan fingerprint density at radius 1 is 1.79 bits per heavy atom. The Morgan fingerprint density at radius 3 is 3.00 bits per heavy atom. The fourth-order valence-electron chi connectivity index (χ4n) is 0.892. The van der Waals surface area contributed by atoms with E-state index in [1.165, 1.54) is 0 Å². The second kappa shape index (κ2) is 4.89. The van der Waals surface area contributed by atoms with Gasteiger partial charge >= 0.3 is 6.16 Å². The van der Waals surface area contributed by atoms with E-state index in [4.69, 9.17) is 5.11 Å². The van der Waals surface area contributed by atoms with Crippen molar-refractivity contribution in [3.63, 3.8) is 0 Å². The van der Waals surface area contributed by atoms with Crippen molar-refractivity contribution in [2.75, 3.05) is 6.61 Å². The molecule has 0 saturated carbocycles. The van der Waals surface area contributed by atoms with E-state index in [-0.39, 0.29) is 12.6 Å². The van der Waals surface area contributed by atoms with E-state index in [0.29, 0.717) is 11.2 Å². The molecule has 1 atom stereocenters. The van der Waals surface area contributed by atoms with Crippen LogP contribution < -0.4 is 0 Å². The van der Waals surface area contributed by atoms with Crippen LogP contribution in [0.4, 0.5) is 4.79 Å². The minimum absolute atomic E-state index is 0.0151. The van der Waals surface area contributed by atoms with Gasteiger partial charge in [0.1, 0.15) is 0 Å². The number of tetrazole rings is 1. The minimum atomic E-state index is -1.27. The predicted molar refractivity (Wildman–Crippen MR) is 48.8 cm³/mol. The molecule has 1 aromatic rings. The predicted octanol–water partition coefficient (Wildman–Crippen LogP) is 1.08. The number of ether oxygens (including phenoxy) is 1. The highest BCUT2D eigenvalue weighted by atomic mass is 79.9. The highest BCUT2D eigenvalue weighted by molar-refractivity contribution is 9.10. The van der Waals surface area contributed by atoms with Crippen LogP contribution in [0.25, 0.3) is 0 Å². The average molecular weight is 265 g/mol. The molecule has 78 valence electrons. The van der Waals surface area contributed by atoms with Gasteiger partial charge in [0, 0.05) is 6.42 Å². The number of halogens is 1. The summed E-state index contributed by atoms with van der Waals surface area (Å²) in [6.07, 6.45) is -0.747. The number of carbonyl (C=O) groups is 1. The Kier molecular flexibility index (Phi) is 3.81. The van der Waals surface area contributed by atoms with Crippen LogP contribution in [0.15, 0.2) is 4.73 Å². The molecule has 0 fully saturated rings. The third-order valence-electron chi connectivity index (χ3n) is 1.63. The molecule has 8 heteroatoms.